The van der Waals surface area contributed by atoms with E-state index in [4.69, 9.17) is 9.57 Å². The van der Waals surface area contributed by atoms with Gasteiger partial charge in [0, 0.05) is 23.2 Å². The van der Waals surface area contributed by atoms with E-state index in [0.717, 1.165) is 5.06 Å². The Morgan fingerprint density at radius 1 is 1.03 bits per heavy atom. The van der Waals surface area contributed by atoms with E-state index in [-0.39, 0.29) is 50.5 Å². The smallest absolute Gasteiger partial charge is 0.308 e. The second-order valence-electron chi connectivity index (χ2n) is 8.91. The largest absolute Gasteiger partial charge is 0.463 e. The van der Waals surface area contributed by atoms with E-state index >= 15 is 0 Å². The first-order valence-corrected chi connectivity index (χ1v) is 12.4. The maximum absolute atomic E-state index is 13.3. The van der Waals surface area contributed by atoms with Crippen LogP contribution in [0.5, 0.6) is 0 Å². The topological polar surface area (TPSA) is 122 Å². The van der Waals surface area contributed by atoms with Crippen molar-refractivity contribution in [3.05, 3.63) is 83.4 Å². The van der Waals surface area contributed by atoms with Crippen molar-refractivity contribution < 1.29 is 33.5 Å². The van der Waals surface area contributed by atoms with E-state index in [2.05, 4.69) is 5.32 Å². The van der Waals surface area contributed by atoms with Crippen LogP contribution < -0.4 is 5.32 Å². The third kappa shape index (κ3) is 6.33. The Balaban J connectivity index is 1.43. The zero-order valence-corrected chi connectivity index (χ0v) is 21.0. The summed E-state index contributed by atoms with van der Waals surface area (Å²) in [6, 6.07) is 13.6. The summed E-state index contributed by atoms with van der Waals surface area (Å²) in [5.74, 6) is -2.06. The average molecular weight is 520 g/mol. The summed E-state index contributed by atoms with van der Waals surface area (Å²) in [5, 5.41) is 3.84. The summed E-state index contributed by atoms with van der Waals surface area (Å²) in [5.41, 5.74) is 1.10. The Kier molecular flexibility index (Phi) is 8.65. The Hall–Kier alpha value is -4.31. The van der Waals surface area contributed by atoms with E-state index in [9.17, 15) is 24.0 Å². The maximum atomic E-state index is 13.3. The van der Waals surface area contributed by atoms with Gasteiger partial charge in [-0.3, -0.25) is 28.8 Å². The standard InChI is InChI=1S/C28H29N3O7/c1-2-38-31(22-16-25(33)37-18-22)24(32)17-30-14-7-6-13-23(28(30)36)29-27(35)21-12-8-11-20(15-21)26(34)19-9-4-3-5-10-19/h3-12,15,22-23H,2,13-14,16-18H2,1H3,(H,29,35). The number of nitrogens with zero attached hydrogens (tertiary/aromatic N) is 2. The van der Waals surface area contributed by atoms with Gasteiger partial charge in [-0.25, -0.2) is 5.06 Å². The highest BCUT2D eigenvalue weighted by Crippen LogP contribution is 2.17. The molecule has 2 atom stereocenters. The van der Waals surface area contributed by atoms with Crippen molar-refractivity contribution in [3.8, 4) is 0 Å². The van der Waals surface area contributed by atoms with Gasteiger partial charge < -0.3 is 15.0 Å². The van der Waals surface area contributed by atoms with Crippen molar-refractivity contribution >= 4 is 29.5 Å². The van der Waals surface area contributed by atoms with Crippen LogP contribution in [0.2, 0.25) is 0 Å². The lowest BCUT2D eigenvalue weighted by molar-refractivity contribution is -0.199. The molecule has 0 radical (unpaired) electrons. The first kappa shape index (κ1) is 26.7. The molecule has 2 aliphatic rings. The SMILES string of the molecule is CCON(C(=O)CN1CC=CCC(NC(=O)c2cccc(C(=O)c3ccccc3)c2)C1=O)C1COC(=O)C1. The molecule has 2 unspecified atom stereocenters. The summed E-state index contributed by atoms with van der Waals surface area (Å²) < 4.78 is 4.95. The molecule has 1 saturated heterocycles. The number of carbonyl (C=O) groups excluding carboxylic acids is 5. The first-order valence-electron chi connectivity index (χ1n) is 12.4. The van der Waals surface area contributed by atoms with E-state index in [1.807, 2.05) is 6.07 Å². The summed E-state index contributed by atoms with van der Waals surface area (Å²) in [6.07, 6.45) is 3.79. The summed E-state index contributed by atoms with van der Waals surface area (Å²) >= 11 is 0. The number of hydrogen-bond donors (Lipinski definition) is 1. The van der Waals surface area contributed by atoms with Gasteiger partial charge in [-0.05, 0) is 25.5 Å². The Labute approximate surface area is 220 Å². The molecule has 3 amide bonds. The predicted octanol–water partition coefficient (Wildman–Crippen LogP) is 1.90. The number of carbonyl (C=O) groups is 5. The fraction of sp³-hybridized carbons (Fsp3) is 0.321. The summed E-state index contributed by atoms with van der Waals surface area (Å²) in [6.45, 7) is 1.84. The lowest BCUT2D eigenvalue weighted by atomic mass is 10.0. The lowest BCUT2D eigenvalue weighted by Gasteiger charge is -2.29. The van der Waals surface area contributed by atoms with Crippen LogP contribution in [0, 0.1) is 0 Å². The molecule has 1 fully saturated rings. The molecule has 10 heteroatoms. The molecule has 38 heavy (non-hydrogen) atoms. The minimum atomic E-state index is -0.903. The fourth-order valence-corrected chi connectivity index (χ4v) is 4.31. The maximum Gasteiger partial charge on any atom is 0.308 e. The third-order valence-corrected chi connectivity index (χ3v) is 6.21. The minimum absolute atomic E-state index is 0.0180. The van der Waals surface area contributed by atoms with Crippen molar-refractivity contribution in [2.45, 2.75) is 31.8 Å². The molecule has 2 heterocycles. The number of cyclic esters (lactones) is 1. The van der Waals surface area contributed by atoms with E-state index in [0.29, 0.717) is 11.1 Å². The molecule has 2 aromatic rings. The van der Waals surface area contributed by atoms with Crippen LogP contribution in [-0.4, -0.2) is 77.8 Å². The Morgan fingerprint density at radius 2 is 1.76 bits per heavy atom. The number of ketones is 1. The predicted molar refractivity (Wildman–Crippen MR) is 136 cm³/mol. The monoisotopic (exact) mass is 519 g/mol. The van der Waals surface area contributed by atoms with Gasteiger partial charge >= 0.3 is 5.97 Å². The summed E-state index contributed by atoms with van der Waals surface area (Å²) in [4.78, 5) is 70.5. The molecule has 0 saturated carbocycles. The third-order valence-electron chi connectivity index (χ3n) is 6.21. The van der Waals surface area contributed by atoms with Crippen LogP contribution in [0.15, 0.2) is 66.7 Å². The number of rotatable bonds is 9. The van der Waals surface area contributed by atoms with Crippen molar-refractivity contribution in [1.82, 2.24) is 15.3 Å². The molecule has 2 aromatic carbocycles. The van der Waals surface area contributed by atoms with Crippen LogP contribution in [0.1, 0.15) is 46.0 Å². The average Bonchev–Trinajstić information content (AvgIpc) is 3.30. The number of nitrogens with one attached hydrogen (secondary N) is 1. The van der Waals surface area contributed by atoms with Crippen LogP contribution >= 0.6 is 0 Å². The second kappa shape index (κ2) is 12.3. The number of ether oxygens (including phenoxy) is 1. The molecule has 10 nitrogen and oxygen atoms in total. The summed E-state index contributed by atoms with van der Waals surface area (Å²) in [7, 11) is 0. The van der Waals surface area contributed by atoms with Crippen LogP contribution in [0.3, 0.4) is 0 Å². The number of esters is 1. The molecule has 2 aliphatic heterocycles. The van der Waals surface area contributed by atoms with Crippen LogP contribution in [0.4, 0.5) is 0 Å². The van der Waals surface area contributed by atoms with Crippen molar-refractivity contribution in [2.75, 3.05) is 26.3 Å². The number of benzene rings is 2. The number of hydroxylamine groups is 2. The normalized spacial score (nSPS) is 19.0. The van der Waals surface area contributed by atoms with Crippen molar-refractivity contribution in [1.29, 1.82) is 0 Å². The van der Waals surface area contributed by atoms with Gasteiger partial charge in [0.15, 0.2) is 5.78 Å². The second-order valence-corrected chi connectivity index (χ2v) is 8.91. The van der Waals surface area contributed by atoms with Gasteiger partial charge in [0.25, 0.3) is 11.8 Å². The highest BCUT2D eigenvalue weighted by atomic mass is 16.7. The highest BCUT2D eigenvalue weighted by molar-refractivity contribution is 6.10. The molecular formula is C28H29N3O7. The Bertz CT molecular complexity index is 1240. The van der Waals surface area contributed by atoms with Gasteiger partial charge in [-0.2, -0.15) is 0 Å². The fourth-order valence-electron chi connectivity index (χ4n) is 4.31. The molecule has 1 N–H and O–H groups in total. The molecule has 0 aliphatic carbocycles. The van der Waals surface area contributed by atoms with Crippen molar-refractivity contribution in [3.63, 3.8) is 0 Å². The van der Waals surface area contributed by atoms with Gasteiger partial charge in [-0.15, -0.1) is 0 Å². The van der Waals surface area contributed by atoms with Crippen LogP contribution in [0.25, 0.3) is 0 Å². The van der Waals surface area contributed by atoms with E-state index < -0.39 is 35.8 Å². The first-order chi connectivity index (χ1) is 18.4. The van der Waals surface area contributed by atoms with Gasteiger partial charge in [0.1, 0.15) is 25.2 Å². The van der Waals surface area contributed by atoms with Crippen LogP contribution in [-0.2, 0) is 24.0 Å². The number of hydrogen-bond acceptors (Lipinski definition) is 7. The molecule has 4 rings (SSSR count). The lowest BCUT2D eigenvalue weighted by Crippen LogP contribution is -2.52. The Morgan fingerprint density at radius 3 is 2.47 bits per heavy atom. The van der Waals surface area contributed by atoms with E-state index in [1.165, 1.54) is 11.0 Å². The zero-order chi connectivity index (χ0) is 27.1. The number of amides is 3. The van der Waals surface area contributed by atoms with Gasteiger partial charge in [-0.1, -0.05) is 54.6 Å². The molecule has 0 spiro atoms. The molecule has 0 aromatic heterocycles. The molecule has 0 bridgehead atoms. The van der Waals surface area contributed by atoms with Gasteiger partial charge in [0.05, 0.1) is 13.0 Å². The highest BCUT2D eigenvalue weighted by Gasteiger charge is 2.36. The molecule has 198 valence electrons. The van der Waals surface area contributed by atoms with Crippen molar-refractivity contribution in [2.24, 2.45) is 0 Å². The molecular weight excluding hydrogens is 490 g/mol. The van der Waals surface area contributed by atoms with E-state index in [1.54, 1.807) is 61.5 Å². The quantitative estimate of drug-likeness (QED) is 0.232. The minimum Gasteiger partial charge on any atom is -0.463 e. The zero-order valence-electron chi connectivity index (χ0n) is 21.0. The van der Waals surface area contributed by atoms with Gasteiger partial charge in [0.2, 0.25) is 5.91 Å².